The normalized spacial score (nSPS) is 24.5. The molecule has 1 unspecified atom stereocenters. The maximum Gasteiger partial charge on any atom is 0.234 e. The van der Waals surface area contributed by atoms with Crippen molar-refractivity contribution < 1.29 is 9.90 Å². The molecule has 4 nitrogen and oxygen atoms in total. The number of nitrogens with zero attached hydrogens (tertiary/aromatic N) is 1. The highest BCUT2D eigenvalue weighted by Crippen LogP contribution is 2.01. The third-order valence-electron chi connectivity index (χ3n) is 2.26. The maximum absolute atomic E-state index is 11.1. The number of hydrogen-bond acceptors (Lipinski definition) is 3. The van der Waals surface area contributed by atoms with E-state index in [0.717, 1.165) is 25.9 Å². The summed E-state index contributed by atoms with van der Waals surface area (Å²) >= 11 is 0. The topological polar surface area (TPSA) is 52.6 Å². The highest BCUT2D eigenvalue weighted by atomic mass is 16.3. The second-order valence-electron chi connectivity index (χ2n) is 3.54. The highest BCUT2D eigenvalue weighted by molar-refractivity contribution is 5.79. The molecule has 0 aliphatic carbocycles. The zero-order valence-corrected chi connectivity index (χ0v) is 8.12. The molecule has 0 aromatic rings. The molecule has 0 radical (unpaired) electrons. The summed E-state index contributed by atoms with van der Waals surface area (Å²) in [5.41, 5.74) is 0. The first-order valence-electron chi connectivity index (χ1n) is 4.88. The van der Waals surface area contributed by atoms with E-state index in [1.165, 1.54) is 0 Å². The van der Waals surface area contributed by atoms with Gasteiger partial charge in [-0.05, 0) is 13.0 Å². The van der Waals surface area contributed by atoms with Gasteiger partial charge in [0.1, 0.15) is 0 Å². The van der Waals surface area contributed by atoms with Crippen molar-refractivity contribution in [2.75, 3.05) is 26.2 Å². The van der Waals surface area contributed by atoms with Gasteiger partial charge < -0.3 is 10.4 Å². The number of aliphatic hydroxyl groups excluding tert-OH is 1. The van der Waals surface area contributed by atoms with Crippen LogP contribution >= 0.6 is 0 Å². The fraction of sp³-hybridized carbons (Fsp3) is 0.889. The lowest BCUT2D eigenvalue weighted by molar-refractivity contribution is -0.126. The van der Waals surface area contributed by atoms with E-state index in [-0.39, 0.29) is 18.6 Å². The molecule has 76 valence electrons. The van der Waals surface area contributed by atoms with Crippen molar-refractivity contribution in [2.24, 2.45) is 0 Å². The summed E-state index contributed by atoms with van der Waals surface area (Å²) in [4.78, 5) is 13.2. The molecule has 2 N–H and O–H groups in total. The minimum atomic E-state index is -0.0712. The fourth-order valence-corrected chi connectivity index (χ4v) is 1.55. The van der Waals surface area contributed by atoms with Gasteiger partial charge in [-0.1, -0.05) is 13.3 Å². The number of hydrogen-bond donors (Lipinski definition) is 2. The Morgan fingerprint density at radius 1 is 1.69 bits per heavy atom. The average Bonchev–Trinajstić information content (AvgIpc) is 2.14. The lowest BCUT2D eigenvalue weighted by Crippen LogP contribution is -2.55. The third-order valence-corrected chi connectivity index (χ3v) is 2.26. The fourth-order valence-electron chi connectivity index (χ4n) is 1.55. The Hall–Kier alpha value is -0.610. The summed E-state index contributed by atoms with van der Waals surface area (Å²) < 4.78 is 0. The molecule has 0 bridgehead atoms. The first-order valence-corrected chi connectivity index (χ1v) is 4.88. The second-order valence-corrected chi connectivity index (χ2v) is 3.54. The minimum Gasteiger partial charge on any atom is -0.394 e. The molecule has 1 saturated heterocycles. The van der Waals surface area contributed by atoms with Crippen LogP contribution in [0.2, 0.25) is 0 Å². The van der Waals surface area contributed by atoms with E-state index in [9.17, 15) is 4.79 Å². The van der Waals surface area contributed by atoms with Crippen LogP contribution in [0.15, 0.2) is 0 Å². The summed E-state index contributed by atoms with van der Waals surface area (Å²) in [6.07, 6.45) is 2.26. The summed E-state index contributed by atoms with van der Waals surface area (Å²) in [5, 5.41) is 11.7. The van der Waals surface area contributed by atoms with Crippen molar-refractivity contribution in [3.63, 3.8) is 0 Å². The zero-order valence-electron chi connectivity index (χ0n) is 8.12. The Morgan fingerprint density at radius 2 is 2.46 bits per heavy atom. The number of amides is 1. The number of carbonyl (C=O) groups is 1. The molecule has 0 aromatic heterocycles. The number of rotatable bonds is 4. The summed E-state index contributed by atoms with van der Waals surface area (Å²) in [5.74, 6) is 0.0291. The smallest absolute Gasteiger partial charge is 0.234 e. The minimum absolute atomic E-state index is 0.0291. The summed E-state index contributed by atoms with van der Waals surface area (Å²) in [6.45, 7) is 4.39. The van der Waals surface area contributed by atoms with Gasteiger partial charge in [-0.25, -0.2) is 0 Å². The molecule has 4 heteroatoms. The van der Waals surface area contributed by atoms with Gasteiger partial charge in [-0.3, -0.25) is 9.69 Å². The van der Waals surface area contributed by atoms with Crippen LogP contribution in [0, 0.1) is 0 Å². The lowest BCUT2D eigenvalue weighted by atomic mass is 10.2. The zero-order chi connectivity index (χ0) is 9.68. The standard InChI is InChI=1S/C9H18N2O2/c1-2-3-4-11-5-8(7-12)10-9(13)6-11/h8,12H,2-7H2,1H3,(H,10,13). The summed E-state index contributed by atoms with van der Waals surface area (Å²) in [6, 6.07) is -0.0712. The number of nitrogens with one attached hydrogen (secondary N) is 1. The van der Waals surface area contributed by atoms with Crippen LogP contribution in [0.5, 0.6) is 0 Å². The van der Waals surface area contributed by atoms with Crippen molar-refractivity contribution in [1.82, 2.24) is 10.2 Å². The van der Waals surface area contributed by atoms with Gasteiger partial charge in [0.05, 0.1) is 19.2 Å². The molecule has 1 atom stereocenters. The number of aliphatic hydroxyl groups is 1. The first-order chi connectivity index (χ1) is 6.26. The number of unbranched alkanes of at least 4 members (excludes halogenated alkanes) is 1. The van der Waals surface area contributed by atoms with E-state index in [2.05, 4.69) is 17.1 Å². The van der Waals surface area contributed by atoms with Gasteiger partial charge in [0.2, 0.25) is 5.91 Å². The lowest BCUT2D eigenvalue weighted by Gasteiger charge is -2.31. The molecule has 0 saturated carbocycles. The Labute approximate surface area is 78.9 Å². The molecule has 13 heavy (non-hydrogen) atoms. The molecule has 1 amide bonds. The van der Waals surface area contributed by atoms with Crippen molar-refractivity contribution in [2.45, 2.75) is 25.8 Å². The monoisotopic (exact) mass is 186 g/mol. The molecule has 1 fully saturated rings. The molecule has 1 aliphatic rings. The van der Waals surface area contributed by atoms with E-state index in [1.54, 1.807) is 0 Å². The molecule has 1 rings (SSSR count). The Kier molecular flexibility index (Phi) is 4.18. The van der Waals surface area contributed by atoms with E-state index >= 15 is 0 Å². The van der Waals surface area contributed by atoms with Crippen molar-refractivity contribution in [1.29, 1.82) is 0 Å². The van der Waals surface area contributed by atoms with E-state index in [0.29, 0.717) is 6.54 Å². The van der Waals surface area contributed by atoms with Gasteiger partial charge in [0.15, 0.2) is 0 Å². The SMILES string of the molecule is CCCCN1CC(=O)NC(CO)C1. The van der Waals surface area contributed by atoms with Crippen LogP contribution < -0.4 is 5.32 Å². The maximum atomic E-state index is 11.1. The first kappa shape index (κ1) is 10.5. The predicted molar refractivity (Wildman–Crippen MR) is 50.4 cm³/mol. The molecule has 1 heterocycles. The number of carbonyl (C=O) groups excluding carboxylic acids is 1. The van der Waals surface area contributed by atoms with Crippen molar-refractivity contribution in [3.8, 4) is 0 Å². The largest absolute Gasteiger partial charge is 0.394 e. The van der Waals surface area contributed by atoms with Crippen LogP contribution in [0.25, 0.3) is 0 Å². The van der Waals surface area contributed by atoms with Gasteiger partial charge in [0.25, 0.3) is 0 Å². The van der Waals surface area contributed by atoms with Gasteiger partial charge in [0, 0.05) is 6.54 Å². The Balaban J connectivity index is 2.33. The summed E-state index contributed by atoms with van der Waals surface area (Å²) in [7, 11) is 0. The Morgan fingerprint density at radius 3 is 3.08 bits per heavy atom. The van der Waals surface area contributed by atoms with E-state index in [4.69, 9.17) is 5.11 Å². The van der Waals surface area contributed by atoms with Crippen LogP contribution in [-0.2, 0) is 4.79 Å². The predicted octanol–water partition coefficient (Wildman–Crippen LogP) is -0.421. The van der Waals surface area contributed by atoms with E-state index < -0.39 is 0 Å². The van der Waals surface area contributed by atoms with Gasteiger partial charge in [-0.15, -0.1) is 0 Å². The van der Waals surface area contributed by atoms with Crippen LogP contribution in [0.1, 0.15) is 19.8 Å². The average molecular weight is 186 g/mol. The second kappa shape index (κ2) is 5.19. The molecular formula is C9H18N2O2. The molecule has 0 spiro atoms. The molecule has 1 aliphatic heterocycles. The number of piperazine rings is 1. The van der Waals surface area contributed by atoms with Gasteiger partial charge in [-0.2, -0.15) is 0 Å². The van der Waals surface area contributed by atoms with E-state index in [1.807, 2.05) is 0 Å². The van der Waals surface area contributed by atoms with Crippen molar-refractivity contribution >= 4 is 5.91 Å². The van der Waals surface area contributed by atoms with Crippen molar-refractivity contribution in [3.05, 3.63) is 0 Å². The molecule has 0 aromatic carbocycles. The van der Waals surface area contributed by atoms with Gasteiger partial charge >= 0.3 is 0 Å². The van der Waals surface area contributed by atoms with Crippen LogP contribution in [0.4, 0.5) is 0 Å². The van der Waals surface area contributed by atoms with Crippen LogP contribution in [-0.4, -0.2) is 48.2 Å². The quantitative estimate of drug-likeness (QED) is 0.627. The highest BCUT2D eigenvalue weighted by Gasteiger charge is 2.22. The van der Waals surface area contributed by atoms with Crippen LogP contribution in [0.3, 0.4) is 0 Å². The third kappa shape index (κ3) is 3.32. The molecular weight excluding hydrogens is 168 g/mol. The Bertz CT molecular complexity index is 173.